The molecule has 0 saturated carbocycles. The number of methoxy groups -OCH3 is 1. The van der Waals surface area contributed by atoms with Gasteiger partial charge in [0.1, 0.15) is 5.75 Å². The fraction of sp³-hybridized carbons (Fsp3) is 0.250. The first kappa shape index (κ1) is 30.2. The van der Waals surface area contributed by atoms with Gasteiger partial charge in [0, 0.05) is 27.3 Å². The molecule has 0 aliphatic carbocycles. The predicted octanol–water partition coefficient (Wildman–Crippen LogP) is -0.979. The second kappa shape index (κ2) is 16.0. The third-order valence-electron chi connectivity index (χ3n) is 1.41. The normalized spacial score (nSPS) is 7.00. The quantitative estimate of drug-likeness (QED) is 0.535. The molecule has 8 heteroatoms. The van der Waals surface area contributed by atoms with E-state index in [9.17, 15) is 0 Å². The summed E-state index contributed by atoms with van der Waals surface area (Å²) in [6.07, 6.45) is -1.40. The van der Waals surface area contributed by atoms with E-state index in [0.717, 1.165) is 0 Å². The van der Waals surface area contributed by atoms with Crippen LogP contribution < -0.4 is 4.74 Å². The minimum Gasteiger partial charge on any atom is -0.497 e. The van der Waals surface area contributed by atoms with Crippen LogP contribution in [-0.2, 0) is 65.2 Å². The number of hydrogen-bond donors (Lipinski definition) is 2. The Morgan fingerprint density at radius 1 is 1.00 bits per heavy atom. The van der Waals surface area contributed by atoms with Crippen molar-refractivity contribution in [2.24, 2.45) is 0 Å². The standard InChI is InChI=1S/C8H10O3.2H2O.3Ti/c1-11-7-4-2-6(3-5-7)8(9)10;;;;;/h2-5,8-10H,1H3;2*1H2;;;/q;;;;2*+3. The van der Waals surface area contributed by atoms with Gasteiger partial charge in [-0.3, -0.25) is 0 Å². The van der Waals surface area contributed by atoms with Crippen LogP contribution in [0.2, 0.25) is 0 Å². The zero-order valence-corrected chi connectivity index (χ0v) is 13.4. The summed E-state index contributed by atoms with van der Waals surface area (Å²) in [5.74, 6) is 0.703. The zero-order chi connectivity index (χ0) is 8.27. The van der Waals surface area contributed by atoms with Crippen molar-refractivity contribution >= 4 is 0 Å². The van der Waals surface area contributed by atoms with E-state index < -0.39 is 6.29 Å². The Balaban J connectivity index is -0.0000000807. The molecule has 0 aliphatic heterocycles. The molecule has 0 spiro atoms. The topological polar surface area (TPSA) is 113 Å². The van der Waals surface area contributed by atoms with Crippen molar-refractivity contribution in [2.75, 3.05) is 7.11 Å². The van der Waals surface area contributed by atoms with Gasteiger partial charge < -0.3 is 25.9 Å². The van der Waals surface area contributed by atoms with Crippen molar-refractivity contribution in [3.63, 3.8) is 0 Å². The molecule has 1 aromatic carbocycles. The largest absolute Gasteiger partial charge is 3.00 e. The van der Waals surface area contributed by atoms with Crippen molar-refractivity contribution in [3.8, 4) is 5.75 Å². The number of hydrogen-bond acceptors (Lipinski definition) is 3. The molecule has 0 fully saturated rings. The molecule has 0 amide bonds. The molecule has 0 unspecified atom stereocenters. The number of benzene rings is 1. The maximum atomic E-state index is 8.70. The molecule has 1 aromatic rings. The van der Waals surface area contributed by atoms with Crippen molar-refractivity contribution < 1.29 is 91.1 Å². The van der Waals surface area contributed by atoms with Crippen LogP contribution in [0.4, 0.5) is 0 Å². The molecule has 5 nitrogen and oxygen atoms in total. The first-order valence-electron chi connectivity index (χ1n) is 3.24. The van der Waals surface area contributed by atoms with Crippen LogP contribution in [0.1, 0.15) is 11.9 Å². The van der Waals surface area contributed by atoms with Gasteiger partial charge in [0.05, 0.1) is 7.11 Å². The minimum atomic E-state index is -1.40. The van der Waals surface area contributed by atoms with Gasteiger partial charge in [-0.1, -0.05) is 12.1 Å². The van der Waals surface area contributed by atoms with Crippen molar-refractivity contribution in [1.82, 2.24) is 0 Å². The molecule has 0 heterocycles. The van der Waals surface area contributed by atoms with Crippen LogP contribution in [0.25, 0.3) is 0 Å². The molecule has 2 radical (unpaired) electrons. The summed E-state index contributed by atoms with van der Waals surface area (Å²) in [6, 6.07) is 6.55. The number of aliphatic hydroxyl groups is 2. The molecule has 0 bridgehead atoms. The molecular formula is C8H14O5Ti3+6. The van der Waals surface area contributed by atoms with E-state index in [1.165, 1.54) is 0 Å². The molecule has 82 valence electrons. The van der Waals surface area contributed by atoms with Gasteiger partial charge in [0.2, 0.25) is 0 Å². The summed E-state index contributed by atoms with van der Waals surface area (Å²) in [5, 5.41) is 17.4. The van der Waals surface area contributed by atoms with Crippen LogP contribution in [-0.4, -0.2) is 28.3 Å². The first-order chi connectivity index (χ1) is 5.24. The maximum Gasteiger partial charge on any atom is 3.00 e. The van der Waals surface area contributed by atoms with Crippen LogP contribution in [0, 0.1) is 0 Å². The Labute approximate surface area is 139 Å². The summed E-state index contributed by atoms with van der Waals surface area (Å²) in [5.41, 5.74) is 0.464. The van der Waals surface area contributed by atoms with Gasteiger partial charge in [-0.25, -0.2) is 0 Å². The molecule has 0 saturated heterocycles. The number of aliphatic hydroxyl groups excluding tert-OH is 1. The van der Waals surface area contributed by atoms with E-state index in [-0.39, 0.29) is 76.1 Å². The Morgan fingerprint density at radius 2 is 1.38 bits per heavy atom. The summed E-state index contributed by atoms with van der Waals surface area (Å²) < 4.78 is 4.89. The maximum absolute atomic E-state index is 8.70. The minimum absolute atomic E-state index is 0. The Hall–Kier alpha value is 1.00. The van der Waals surface area contributed by atoms with E-state index >= 15 is 0 Å². The van der Waals surface area contributed by atoms with Crippen LogP contribution in [0.15, 0.2) is 24.3 Å². The summed E-state index contributed by atoms with van der Waals surface area (Å²) in [4.78, 5) is 0. The van der Waals surface area contributed by atoms with E-state index in [1.807, 2.05) is 0 Å². The van der Waals surface area contributed by atoms with Gasteiger partial charge in [-0.05, 0) is 12.1 Å². The predicted molar refractivity (Wildman–Crippen MR) is 47.4 cm³/mol. The third kappa shape index (κ3) is 10.2. The van der Waals surface area contributed by atoms with Crippen molar-refractivity contribution in [3.05, 3.63) is 29.8 Å². The van der Waals surface area contributed by atoms with E-state index in [2.05, 4.69) is 0 Å². The molecule has 1 rings (SSSR count). The third-order valence-corrected chi connectivity index (χ3v) is 1.41. The molecule has 6 N–H and O–H groups in total. The smallest absolute Gasteiger partial charge is 0.497 e. The fourth-order valence-electron chi connectivity index (χ4n) is 0.776. The van der Waals surface area contributed by atoms with Gasteiger partial charge >= 0.3 is 43.4 Å². The molecule has 0 aromatic heterocycles. The summed E-state index contributed by atoms with van der Waals surface area (Å²) in [6.45, 7) is 0. The van der Waals surface area contributed by atoms with Gasteiger partial charge in [0.25, 0.3) is 0 Å². The zero-order valence-electron chi connectivity index (χ0n) is 8.69. The fourth-order valence-corrected chi connectivity index (χ4v) is 0.776. The second-order valence-electron chi connectivity index (χ2n) is 2.15. The molecule has 16 heavy (non-hydrogen) atoms. The Morgan fingerprint density at radius 3 is 1.62 bits per heavy atom. The number of rotatable bonds is 2. The van der Waals surface area contributed by atoms with E-state index in [4.69, 9.17) is 14.9 Å². The molecular weight excluding hydrogens is 320 g/mol. The Bertz CT molecular complexity index is 230. The molecule has 0 aliphatic rings. The Kier molecular flexibility index (Phi) is 30.2. The summed E-state index contributed by atoms with van der Waals surface area (Å²) >= 11 is 0. The summed E-state index contributed by atoms with van der Waals surface area (Å²) in [7, 11) is 1.56. The second-order valence-corrected chi connectivity index (χ2v) is 2.15. The first-order valence-corrected chi connectivity index (χ1v) is 3.24. The average Bonchev–Trinajstić information content (AvgIpc) is 2.05. The van der Waals surface area contributed by atoms with Crippen LogP contribution >= 0.6 is 0 Å². The molecule has 0 atom stereocenters. The van der Waals surface area contributed by atoms with Gasteiger partial charge in [-0.2, -0.15) is 0 Å². The van der Waals surface area contributed by atoms with Gasteiger partial charge in [-0.15, -0.1) is 0 Å². The van der Waals surface area contributed by atoms with Crippen molar-refractivity contribution in [1.29, 1.82) is 0 Å². The van der Waals surface area contributed by atoms with Gasteiger partial charge in [0.15, 0.2) is 6.29 Å². The van der Waals surface area contributed by atoms with Crippen LogP contribution in [0.3, 0.4) is 0 Å². The van der Waals surface area contributed by atoms with E-state index in [1.54, 1.807) is 31.4 Å². The van der Waals surface area contributed by atoms with E-state index in [0.29, 0.717) is 11.3 Å². The van der Waals surface area contributed by atoms with Crippen molar-refractivity contribution in [2.45, 2.75) is 6.29 Å². The average molecular weight is 334 g/mol. The van der Waals surface area contributed by atoms with Crippen LogP contribution in [0.5, 0.6) is 5.75 Å². The monoisotopic (exact) mass is 334 g/mol. The number of ether oxygens (including phenoxy) is 1. The SMILES string of the molecule is COc1ccc(C(O)O)cc1.O.O.[Ti+3].[Ti+3].[Ti].